The Balaban J connectivity index is 1.49. The van der Waals surface area contributed by atoms with Gasteiger partial charge < -0.3 is 14.4 Å². The summed E-state index contributed by atoms with van der Waals surface area (Å²) < 4.78 is 25.5. The first-order valence-corrected chi connectivity index (χ1v) is 12.4. The van der Waals surface area contributed by atoms with E-state index in [2.05, 4.69) is 0 Å². The molecule has 0 unspecified atom stereocenters. The molecular weight excluding hydrogens is 495 g/mol. The molecule has 2 aliphatic heterocycles. The number of nitrogens with zero attached hydrogens (tertiary/aromatic N) is 2. The minimum atomic E-state index is -0.583. The van der Waals surface area contributed by atoms with Crippen LogP contribution in [0.4, 0.5) is 9.18 Å². The van der Waals surface area contributed by atoms with Gasteiger partial charge in [0, 0.05) is 23.7 Å². The SMILES string of the molecule is CCOc1cc(/C=C2\SC(=O)N(Cc3c(F)cccc3Cl)C2=O)ccc1OCC(=O)N1CCCC1. The van der Waals surface area contributed by atoms with Crippen molar-refractivity contribution in [1.82, 2.24) is 9.80 Å². The molecule has 2 saturated heterocycles. The molecule has 0 aliphatic carbocycles. The van der Waals surface area contributed by atoms with E-state index in [0.717, 1.165) is 42.6 Å². The number of hydrogen-bond acceptors (Lipinski definition) is 6. The second-order valence-electron chi connectivity index (χ2n) is 7.98. The Labute approximate surface area is 211 Å². The number of benzene rings is 2. The summed E-state index contributed by atoms with van der Waals surface area (Å²) in [6, 6.07) is 9.25. The second-order valence-corrected chi connectivity index (χ2v) is 9.38. The summed E-state index contributed by atoms with van der Waals surface area (Å²) in [5.74, 6) is -0.348. The molecule has 2 aliphatic rings. The van der Waals surface area contributed by atoms with E-state index in [4.69, 9.17) is 21.1 Å². The van der Waals surface area contributed by atoms with Crippen molar-refractivity contribution in [2.24, 2.45) is 0 Å². The lowest BCUT2D eigenvalue weighted by atomic mass is 10.1. The third-order valence-corrected chi connectivity index (χ3v) is 6.89. The van der Waals surface area contributed by atoms with Crippen molar-refractivity contribution in [3.05, 3.63) is 63.3 Å². The third kappa shape index (κ3) is 5.79. The Morgan fingerprint density at radius 3 is 2.63 bits per heavy atom. The van der Waals surface area contributed by atoms with Crippen LogP contribution in [0.3, 0.4) is 0 Å². The van der Waals surface area contributed by atoms with Crippen LogP contribution < -0.4 is 9.47 Å². The molecule has 0 atom stereocenters. The van der Waals surface area contributed by atoms with Crippen molar-refractivity contribution in [3.8, 4) is 11.5 Å². The highest BCUT2D eigenvalue weighted by molar-refractivity contribution is 8.18. The summed E-state index contributed by atoms with van der Waals surface area (Å²) in [6.45, 7) is 3.35. The van der Waals surface area contributed by atoms with E-state index in [1.807, 2.05) is 6.92 Å². The molecule has 10 heteroatoms. The Kier molecular flexibility index (Phi) is 7.97. The van der Waals surface area contributed by atoms with Crippen molar-refractivity contribution in [1.29, 1.82) is 0 Å². The average Bonchev–Trinajstić information content (AvgIpc) is 3.45. The van der Waals surface area contributed by atoms with Gasteiger partial charge in [0.2, 0.25) is 0 Å². The molecule has 4 rings (SSSR count). The fourth-order valence-corrected chi connectivity index (χ4v) is 4.89. The third-order valence-electron chi connectivity index (χ3n) is 5.63. The highest BCUT2D eigenvalue weighted by Gasteiger charge is 2.36. The van der Waals surface area contributed by atoms with E-state index >= 15 is 0 Å². The number of rotatable bonds is 8. The highest BCUT2D eigenvalue weighted by Crippen LogP contribution is 2.36. The number of halogens is 2. The van der Waals surface area contributed by atoms with Gasteiger partial charge >= 0.3 is 0 Å². The molecule has 7 nitrogen and oxygen atoms in total. The van der Waals surface area contributed by atoms with Gasteiger partial charge in [-0.2, -0.15) is 0 Å². The number of hydrogen-bond donors (Lipinski definition) is 0. The van der Waals surface area contributed by atoms with E-state index in [-0.39, 0.29) is 34.6 Å². The smallest absolute Gasteiger partial charge is 0.293 e. The monoisotopic (exact) mass is 518 g/mol. The fraction of sp³-hybridized carbons (Fsp3) is 0.320. The van der Waals surface area contributed by atoms with Gasteiger partial charge in [0.15, 0.2) is 18.1 Å². The molecule has 0 bridgehead atoms. The molecule has 2 heterocycles. The normalized spacial score (nSPS) is 16.9. The van der Waals surface area contributed by atoms with Gasteiger partial charge in [-0.05, 0) is 67.4 Å². The molecule has 2 aromatic rings. The standard InChI is InChI=1S/C25H24ClFN2O5S/c1-2-33-21-12-16(8-9-20(21)34-15-23(30)28-10-3-4-11-28)13-22-24(31)29(25(32)35-22)14-17-18(26)6-5-7-19(17)27/h5-9,12-13H,2-4,10-11,14-15H2,1H3/b22-13-. The van der Waals surface area contributed by atoms with E-state index < -0.39 is 17.0 Å². The van der Waals surface area contributed by atoms with Crippen molar-refractivity contribution >= 4 is 46.5 Å². The maximum atomic E-state index is 14.2. The first kappa shape index (κ1) is 25.1. The average molecular weight is 519 g/mol. The molecule has 35 heavy (non-hydrogen) atoms. The van der Waals surface area contributed by atoms with Crippen LogP contribution in [0.5, 0.6) is 11.5 Å². The predicted octanol–water partition coefficient (Wildman–Crippen LogP) is 5.12. The number of imide groups is 1. The number of ether oxygens (including phenoxy) is 2. The van der Waals surface area contributed by atoms with Crippen LogP contribution in [0.1, 0.15) is 30.9 Å². The predicted molar refractivity (Wildman–Crippen MR) is 132 cm³/mol. The van der Waals surface area contributed by atoms with Gasteiger partial charge in [-0.25, -0.2) is 4.39 Å². The van der Waals surface area contributed by atoms with E-state index in [1.165, 1.54) is 18.2 Å². The summed E-state index contributed by atoms with van der Waals surface area (Å²) in [4.78, 5) is 40.6. The maximum Gasteiger partial charge on any atom is 0.293 e. The maximum absolute atomic E-state index is 14.2. The summed E-state index contributed by atoms with van der Waals surface area (Å²) >= 11 is 6.82. The van der Waals surface area contributed by atoms with Gasteiger partial charge in [-0.3, -0.25) is 19.3 Å². The first-order valence-electron chi connectivity index (χ1n) is 11.2. The van der Waals surface area contributed by atoms with E-state index in [0.29, 0.717) is 23.7 Å². The molecule has 184 valence electrons. The Bertz CT molecular complexity index is 1160. The number of carbonyl (C=O) groups is 3. The Morgan fingerprint density at radius 2 is 1.91 bits per heavy atom. The summed E-state index contributed by atoms with van der Waals surface area (Å²) in [6.07, 6.45) is 3.57. The molecule has 2 aromatic carbocycles. The summed E-state index contributed by atoms with van der Waals surface area (Å²) in [5.41, 5.74) is 0.697. The van der Waals surface area contributed by atoms with Gasteiger partial charge in [-0.1, -0.05) is 23.7 Å². The zero-order valence-electron chi connectivity index (χ0n) is 19.1. The zero-order chi connectivity index (χ0) is 24.9. The number of amides is 3. The largest absolute Gasteiger partial charge is 0.490 e. The highest BCUT2D eigenvalue weighted by atomic mass is 35.5. The lowest BCUT2D eigenvalue weighted by molar-refractivity contribution is -0.132. The van der Waals surface area contributed by atoms with Gasteiger partial charge in [0.05, 0.1) is 18.1 Å². The molecule has 2 fully saturated rings. The lowest BCUT2D eigenvalue weighted by Crippen LogP contribution is -2.32. The molecule has 0 aromatic heterocycles. The Hall–Kier alpha value is -3.04. The fourth-order valence-electron chi connectivity index (χ4n) is 3.83. The van der Waals surface area contributed by atoms with Crippen LogP contribution >= 0.6 is 23.4 Å². The minimum Gasteiger partial charge on any atom is -0.490 e. The molecular formula is C25H24ClFN2O5S. The van der Waals surface area contributed by atoms with Crippen LogP contribution in [-0.2, 0) is 16.1 Å². The minimum absolute atomic E-state index is 0.0716. The Morgan fingerprint density at radius 1 is 1.14 bits per heavy atom. The van der Waals surface area contributed by atoms with Crippen LogP contribution in [0.25, 0.3) is 6.08 Å². The lowest BCUT2D eigenvalue weighted by Gasteiger charge is -2.17. The molecule has 0 radical (unpaired) electrons. The van der Waals surface area contributed by atoms with E-state index in [1.54, 1.807) is 29.2 Å². The van der Waals surface area contributed by atoms with Crippen LogP contribution in [0, 0.1) is 5.82 Å². The molecule has 3 amide bonds. The molecule has 0 saturated carbocycles. The number of thioether (sulfide) groups is 1. The van der Waals surface area contributed by atoms with Gasteiger partial charge in [0.25, 0.3) is 17.1 Å². The molecule has 0 spiro atoms. The van der Waals surface area contributed by atoms with E-state index in [9.17, 15) is 18.8 Å². The summed E-state index contributed by atoms with van der Waals surface area (Å²) in [5, 5.41) is -0.362. The van der Waals surface area contributed by atoms with Crippen LogP contribution in [0.2, 0.25) is 5.02 Å². The van der Waals surface area contributed by atoms with Crippen molar-refractivity contribution in [2.45, 2.75) is 26.3 Å². The van der Waals surface area contributed by atoms with Crippen LogP contribution in [-0.4, -0.2) is 53.2 Å². The van der Waals surface area contributed by atoms with Crippen molar-refractivity contribution in [3.63, 3.8) is 0 Å². The number of carbonyl (C=O) groups excluding carboxylic acids is 3. The number of likely N-dealkylation sites (tertiary alicyclic amines) is 1. The van der Waals surface area contributed by atoms with Crippen molar-refractivity contribution < 1.29 is 28.2 Å². The first-order chi connectivity index (χ1) is 16.9. The van der Waals surface area contributed by atoms with Gasteiger partial charge in [-0.15, -0.1) is 0 Å². The summed E-state index contributed by atoms with van der Waals surface area (Å²) in [7, 11) is 0. The topological polar surface area (TPSA) is 76.1 Å². The quantitative estimate of drug-likeness (QED) is 0.452. The molecule has 0 N–H and O–H groups in total. The zero-order valence-corrected chi connectivity index (χ0v) is 20.7. The van der Waals surface area contributed by atoms with Gasteiger partial charge in [0.1, 0.15) is 5.82 Å². The van der Waals surface area contributed by atoms with Crippen LogP contribution in [0.15, 0.2) is 41.3 Å². The second kappa shape index (κ2) is 11.1. The van der Waals surface area contributed by atoms with Crippen molar-refractivity contribution in [2.75, 3.05) is 26.3 Å².